The zero-order valence-corrected chi connectivity index (χ0v) is 12.8. The molecule has 1 heterocycles. The highest BCUT2D eigenvalue weighted by molar-refractivity contribution is 5.88. The number of esters is 3. The number of hydrogen-bond donors (Lipinski definition) is 1. The van der Waals surface area contributed by atoms with Crippen molar-refractivity contribution < 1.29 is 28.6 Å². The third kappa shape index (κ3) is 3.03. The lowest BCUT2D eigenvalue weighted by atomic mass is 9.98. The molecule has 0 radical (unpaired) electrons. The van der Waals surface area contributed by atoms with E-state index in [0.29, 0.717) is 12.1 Å². The predicted molar refractivity (Wildman–Crippen MR) is 76.8 cm³/mol. The maximum atomic E-state index is 11.9. The number of carbonyl (C=O) groups is 3. The zero-order valence-electron chi connectivity index (χ0n) is 12.8. The Bertz CT molecular complexity index is 607. The Morgan fingerprint density at radius 2 is 1.64 bits per heavy atom. The number of ether oxygens (including phenoxy) is 3. The number of methoxy groups -OCH3 is 1. The van der Waals surface area contributed by atoms with Crippen LogP contribution in [-0.4, -0.2) is 30.6 Å². The minimum absolute atomic E-state index is 0.114. The molecule has 1 aliphatic heterocycles. The molecule has 0 fully saturated rings. The summed E-state index contributed by atoms with van der Waals surface area (Å²) in [7, 11) is 1.31. The third-order valence-electron chi connectivity index (χ3n) is 3.27. The second kappa shape index (κ2) is 5.67. The van der Waals surface area contributed by atoms with Gasteiger partial charge in [0.15, 0.2) is 11.5 Å². The van der Waals surface area contributed by atoms with E-state index in [1.54, 1.807) is 13.0 Å². The highest BCUT2D eigenvalue weighted by Crippen LogP contribution is 2.41. The molecule has 0 unspecified atom stereocenters. The molecule has 0 saturated carbocycles. The van der Waals surface area contributed by atoms with Gasteiger partial charge in [-0.1, -0.05) is 0 Å². The van der Waals surface area contributed by atoms with Gasteiger partial charge in [0, 0.05) is 32.0 Å². The monoisotopic (exact) mass is 307 g/mol. The number of anilines is 1. The van der Waals surface area contributed by atoms with Gasteiger partial charge in [-0.3, -0.25) is 9.59 Å². The van der Waals surface area contributed by atoms with E-state index < -0.39 is 23.4 Å². The molecule has 0 bridgehead atoms. The van der Waals surface area contributed by atoms with Gasteiger partial charge in [0.25, 0.3) is 0 Å². The predicted octanol–water partition coefficient (Wildman–Crippen LogP) is 1.44. The fraction of sp³-hybridized carbons (Fsp3) is 0.400. The molecule has 22 heavy (non-hydrogen) atoms. The van der Waals surface area contributed by atoms with Gasteiger partial charge < -0.3 is 19.5 Å². The van der Waals surface area contributed by atoms with Crippen molar-refractivity contribution >= 4 is 23.6 Å². The molecule has 1 aromatic rings. The molecule has 0 amide bonds. The Morgan fingerprint density at radius 3 is 2.14 bits per heavy atom. The molecular formula is C15H17NO6. The topological polar surface area (TPSA) is 90.9 Å². The van der Waals surface area contributed by atoms with E-state index in [1.165, 1.54) is 27.0 Å². The van der Waals surface area contributed by atoms with Gasteiger partial charge in [-0.05, 0) is 18.6 Å². The number of rotatable bonds is 3. The summed E-state index contributed by atoms with van der Waals surface area (Å²) in [5.41, 5.74) is 0.472. The minimum Gasteiger partial charge on any atom is -0.467 e. The summed E-state index contributed by atoms with van der Waals surface area (Å²) < 4.78 is 14.9. The normalized spacial score (nSPS) is 18.9. The maximum Gasteiger partial charge on any atom is 0.331 e. The van der Waals surface area contributed by atoms with Crippen LogP contribution in [0.25, 0.3) is 0 Å². The number of hydrogen-bond acceptors (Lipinski definition) is 7. The van der Waals surface area contributed by atoms with E-state index in [9.17, 15) is 14.4 Å². The van der Waals surface area contributed by atoms with Crippen LogP contribution in [0, 0.1) is 0 Å². The molecule has 0 aromatic heterocycles. The summed E-state index contributed by atoms with van der Waals surface area (Å²) in [6, 6.07) is 3.11. The van der Waals surface area contributed by atoms with E-state index in [1.807, 2.05) is 0 Å². The van der Waals surface area contributed by atoms with Crippen LogP contribution in [0.3, 0.4) is 0 Å². The second-order valence-corrected chi connectivity index (χ2v) is 5.27. The first-order chi connectivity index (χ1) is 10.2. The fourth-order valence-electron chi connectivity index (χ4n) is 2.40. The summed E-state index contributed by atoms with van der Waals surface area (Å²) in [6.07, 6.45) is 0.365. The minimum atomic E-state index is -0.917. The lowest BCUT2D eigenvalue weighted by molar-refractivity contribution is -0.145. The van der Waals surface area contributed by atoms with Gasteiger partial charge in [0.1, 0.15) is 5.54 Å². The average Bonchev–Trinajstić information content (AvgIpc) is 2.73. The van der Waals surface area contributed by atoms with Crippen molar-refractivity contribution in [3.8, 4) is 11.5 Å². The van der Waals surface area contributed by atoms with E-state index in [2.05, 4.69) is 5.32 Å². The summed E-state index contributed by atoms with van der Waals surface area (Å²) in [5, 5.41) is 3.05. The Kier molecular flexibility index (Phi) is 4.07. The molecule has 0 spiro atoms. The molecule has 118 valence electrons. The number of benzene rings is 1. The molecule has 0 aliphatic carbocycles. The van der Waals surface area contributed by atoms with Crippen LogP contribution in [0.1, 0.15) is 26.3 Å². The van der Waals surface area contributed by atoms with Crippen molar-refractivity contribution in [1.29, 1.82) is 0 Å². The van der Waals surface area contributed by atoms with Crippen LogP contribution < -0.4 is 14.8 Å². The van der Waals surface area contributed by atoms with E-state index >= 15 is 0 Å². The first kappa shape index (κ1) is 15.8. The molecule has 2 rings (SSSR count). The average molecular weight is 307 g/mol. The highest BCUT2D eigenvalue weighted by Gasteiger charge is 2.41. The van der Waals surface area contributed by atoms with Crippen LogP contribution >= 0.6 is 0 Å². The zero-order chi connectivity index (χ0) is 16.5. The first-order valence-corrected chi connectivity index (χ1v) is 6.65. The van der Waals surface area contributed by atoms with Crippen molar-refractivity contribution in [1.82, 2.24) is 0 Å². The summed E-state index contributed by atoms with van der Waals surface area (Å²) in [6.45, 7) is 4.20. The van der Waals surface area contributed by atoms with Crippen molar-refractivity contribution in [3.05, 3.63) is 17.7 Å². The largest absolute Gasteiger partial charge is 0.467 e. The number of nitrogens with one attached hydrogen (secondary N) is 1. The van der Waals surface area contributed by atoms with Gasteiger partial charge in [0.2, 0.25) is 0 Å². The van der Waals surface area contributed by atoms with Gasteiger partial charge in [-0.25, -0.2) is 4.79 Å². The Hall–Kier alpha value is -2.57. The van der Waals surface area contributed by atoms with Gasteiger partial charge >= 0.3 is 17.9 Å². The molecule has 7 nitrogen and oxygen atoms in total. The Balaban J connectivity index is 2.41. The Morgan fingerprint density at radius 1 is 1.09 bits per heavy atom. The molecule has 0 saturated heterocycles. The lowest BCUT2D eigenvalue weighted by Gasteiger charge is -2.21. The van der Waals surface area contributed by atoms with Crippen LogP contribution in [0.2, 0.25) is 0 Å². The van der Waals surface area contributed by atoms with Gasteiger partial charge in [-0.15, -0.1) is 0 Å². The van der Waals surface area contributed by atoms with Crippen LogP contribution in [0.15, 0.2) is 12.1 Å². The van der Waals surface area contributed by atoms with Crippen LogP contribution in [-0.2, 0) is 25.5 Å². The fourth-order valence-corrected chi connectivity index (χ4v) is 2.40. The van der Waals surface area contributed by atoms with Crippen molar-refractivity contribution in [2.24, 2.45) is 0 Å². The first-order valence-electron chi connectivity index (χ1n) is 6.65. The molecular weight excluding hydrogens is 290 g/mol. The second-order valence-electron chi connectivity index (χ2n) is 5.27. The van der Waals surface area contributed by atoms with E-state index in [4.69, 9.17) is 14.2 Å². The standard InChI is InChI=1S/C15H17NO6/c1-8(17)21-12-5-10-7-15(3,14(19)20-4)16-11(10)6-13(12)22-9(2)18/h5-6,16H,7H2,1-4H3/t15-/m1/s1. The quantitative estimate of drug-likeness (QED) is 0.667. The Labute approximate surface area is 127 Å². The van der Waals surface area contributed by atoms with Gasteiger partial charge in [-0.2, -0.15) is 0 Å². The molecule has 1 N–H and O–H groups in total. The SMILES string of the molecule is COC(=O)[C@@]1(C)Cc2cc(OC(C)=O)c(OC(C)=O)cc2N1. The smallest absolute Gasteiger partial charge is 0.331 e. The van der Waals surface area contributed by atoms with Crippen LogP contribution in [0.4, 0.5) is 5.69 Å². The van der Waals surface area contributed by atoms with E-state index in [-0.39, 0.29) is 11.5 Å². The lowest BCUT2D eigenvalue weighted by Crippen LogP contribution is -2.42. The highest BCUT2D eigenvalue weighted by atomic mass is 16.6. The molecule has 7 heteroatoms. The number of fused-ring (bicyclic) bond motifs is 1. The summed E-state index contributed by atoms with van der Waals surface area (Å²) >= 11 is 0. The van der Waals surface area contributed by atoms with Crippen molar-refractivity contribution in [2.45, 2.75) is 32.7 Å². The van der Waals surface area contributed by atoms with Crippen molar-refractivity contribution in [3.63, 3.8) is 0 Å². The number of carbonyl (C=O) groups excluding carboxylic acids is 3. The van der Waals surface area contributed by atoms with Crippen molar-refractivity contribution in [2.75, 3.05) is 12.4 Å². The molecule has 1 aliphatic rings. The maximum absolute atomic E-state index is 11.9. The van der Waals surface area contributed by atoms with Gasteiger partial charge in [0.05, 0.1) is 7.11 Å². The van der Waals surface area contributed by atoms with E-state index in [0.717, 1.165) is 5.56 Å². The summed E-state index contributed by atoms with van der Waals surface area (Å²) in [5.74, 6) is -1.23. The molecule has 1 atom stereocenters. The third-order valence-corrected chi connectivity index (χ3v) is 3.27. The van der Waals surface area contributed by atoms with Crippen LogP contribution in [0.5, 0.6) is 11.5 Å². The summed E-state index contributed by atoms with van der Waals surface area (Å²) in [4.78, 5) is 34.2. The molecule has 1 aromatic carbocycles.